The second-order valence-electron chi connectivity index (χ2n) is 7.51. The molecule has 0 atom stereocenters. The monoisotopic (exact) mass is 424 g/mol. The Morgan fingerprint density at radius 2 is 1.70 bits per heavy atom. The maximum Gasteiger partial charge on any atom is 0.344 e. The number of hydrogen-bond acceptors (Lipinski definition) is 5. The molecule has 7 nitrogen and oxygen atoms in total. The molecule has 156 valence electrons. The second kappa shape index (κ2) is 8.79. The van der Waals surface area contributed by atoms with Gasteiger partial charge < -0.3 is 10.6 Å². The summed E-state index contributed by atoms with van der Waals surface area (Å²) in [4.78, 5) is 39.6. The predicted molar refractivity (Wildman–Crippen MR) is 115 cm³/mol. The molecule has 0 aromatic heterocycles. The van der Waals surface area contributed by atoms with Gasteiger partial charge >= 0.3 is 6.03 Å². The molecule has 1 heterocycles. The van der Waals surface area contributed by atoms with Crippen molar-refractivity contribution in [2.24, 2.45) is 0 Å². The van der Waals surface area contributed by atoms with E-state index < -0.39 is 17.5 Å². The fourth-order valence-corrected chi connectivity index (χ4v) is 4.82. The number of rotatable bonds is 6. The maximum absolute atomic E-state index is 12.8. The molecule has 1 saturated carbocycles. The molecular formula is C22H24N4O3S. The van der Waals surface area contributed by atoms with Crippen LogP contribution in [0.15, 0.2) is 64.4 Å². The Hall–Kier alpha value is -3.00. The van der Waals surface area contributed by atoms with Gasteiger partial charge in [0.05, 0.1) is 6.54 Å². The number of carbonyl (C=O) groups is 3. The molecule has 8 heteroatoms. The van der Waals surface area contributed by atoms with Gasteiger partial charge in [0, 0.05) is 15.5 Å². The third-order valence-electron chi connectivity index (χ3n) is 5.40. The Morgan fingerprint density at radius 3 is 2.47 bits per heavy atom. The van der Waals surface area contributed by atoms with Gasteiger partial charge in [0.25, 0.3) is 11.8 Å². The quantitative estimate of drug-likeness (QED) is 0.617. The molecule has 1 aliphatic carbocycles. The second-order valence-corrected chi connectivity index (χ2v) is 8.63. The molecule has 2 aromatic carbocycles. The van der Waals surface area contributed by atoms with E-state index in [0.29, 0.717) is 12.8 Å². The van der Waals surface area contributed by atoms with E-state index in [0.717, 1.165) is 39.7 Å². The fourth-order valence-electron chi connectivity index (χ4n) is 3.87. The van der Waals surface area contributed by atoms with Crippen molar-refractivity contribution in [1.82, 2.24) is 15.8 Å². The highest BCUT2D eigenvalue weighted by Gasteiger charge is 2.52. The highest BCUT2D eigenvalue weighted by Crippen LogP contribution is 2.34. The first-order chi connectivity index (χ1) is 14.6. The van der Waals surface area contributed by atoms with Gasteiger partial charge in [-0.2, -0.15) is 5.01 Å². The molecule has 0 bridgehead atoms. The molecule has 0 radical (unpaired) electrons. The minimum Gasteiger partial charge on any atom is -0.375 e. The number of amides is 4. The molecule has 1 saturated heterocycles. The molecule has 2 aliphatic rings. The molecule has 0 unspecified atom stereocenters. The highest BCUT2D eigenvalue weighted by molar-refractivity contribution is 7.99. The Bertz CT molecular complexity index is 944. The van der Waals surface area contributed by atoms with Crippen molar-refractivity contribution in [1.29, 1.82) is 0 Å². The van der Waals surface area contributed by atoms with Gasteiger partial charge in [0.2, 0.25) is 0 Å². The van der Waals surface area contributed by atoms with E-state index in [4.69, 9.17) is 0 Å². The van der Waals surface area contributed by atoms with Crippen LogP contribution in [0, 0.1) is 0 Å². The van der Waals surface area contributed by atoms with Crippen molar-refractivity contribution in [3.05, 3.63) is 54.6 Å². The molecule has 1 spiro atoms. The number of anilines is 1. The lowest BCUT2D eigenvalue weighted by Gasteiger charge is -2.30. The number of imide groups is 1. The van der Waals surface area contributed by atoms with Crippen LogP contribution < -0.4 is 16.1 Å². The average molecular weight is 425 g/mol. The number of nitrogens with one attached hydrogen (secondary N) is 3. The normalized spacial score (nSPS) is 17.7. The first-order valence-corrected chi connectivity index (χ1v) is 10.9. The molecule has 3 N–H and O–H groups in total. The Labute approximate surface area is 179 Å². The summed E-state index contributed by atoms with van der Waals surface area (Å²) in [5.41, 5.74) is 2.41. The minimum atomic E-state index is -0.852. The summed E-state index contributed by atoms with van der Waals surface area (Å²) in [7, 11) is 0. The number of para-hydroxylation sites is 1. The summed E-state index contributed by atoms with van der Waals surface area (Å²) in [6.07, 6.45) is 4.08. The van der Waals surface area contributed by atoms with Crippen molar-refractivity contribution < 1.29 is 14.4 Å². The van der Waals surface area contributed by atoms with Crippen LogP contribution in [0.2, 0.25) is 0 Å². The number of urea groups is 1. The summed E-state index contributed by atoms with van der Waals surface area (Å²) >= 11 is 1.59. The number of hydrazine groups is 1. The first-order valence-electron chi connectivity index (χ1n) is 10.1. The standard InChI is InChI=1S/C22H24N4O3S/c27-19(25-26-20(28)22(24-21(26)29)13-7-2-8-14-22)15-23-17-11-5-6-12-18(17)30-16-9-3-1-4-10-16/h1,3-6,9-12,23H,2,7-8,13-15H2,(H,24,29)(H,25,27). The van der Waals surface area contributed by atoms with Crippen LogP contribution in [0.1, 0.15) is 32.1 Å². The summed E-state index contributed by atoms with van der Waals surface area (Å²) in [5.74, 6) is -0.813. The SMILES string of the molecule is O=C(CNc1ccccc1Sc1ccccc1)NN1C(=O)NC2(CCCCC2)C1=O. The average Bonchev–Trinajstić information content (AvgIpc) is 2.98. The predicted octanol–water partition coefficient (Wildman–Crippen LogP) is 3.54. The van der Waals surface area contributed by atoms with Crippen LogP contribution in [0.25, 0.3) is 0 Å². The van der Waals surface area contributed by atoms with E-state index in [-0.39, 0.29) is 12.5 Å². The molecule has 4 amide bonds. The third-order valence-corrected chi connectivity index (χ3v) is 6.49. The minimum absolute atomic E-state index is 0.0591. The zero-order valence-corrected chi connectivity index (χ0v) is 17.3. The van der Waals surface area contributed by atoms with Crippen LogP contribution >= 0.6 is 11.8 Å². The lowest BCUT2D eigenvalue weighted by atomic mass is 9.82. The molecule has 1 aliphatic heterocycles. The Kier molecular flexibility index (Phi) is 5.94. The van der Waals surface area contributed by atoms with Gasteiger partial charge in [-0.15, -0.1) is 0 Å². The van der Waals surface area contributed by atoms with Gasteiger partial charge in [0.15, 0.2) is 0 Å². The number of benzene rings is 2. The number of nitrogens with zero attached hydrogens (tertiary/aromatic N) is 1. The number of hydrogen-bond donors (Lipinski definition) is 3. The summed E-state index contributed by atoms with van der Waals surface area (Å²) in [6, 6.07) is 17.1. The van der Waals surface area contributed by atoms with Crippen LogP contribution in [0.5, 0.6) is 0 Å². The van der Waals surface area contributed by atoms with Crippen molar-refractivity contribution in [3.8, 4) is 0 Å². The lowest BCUT2D eigenvalue weighted by molar-refractivity contribution is -0.139. The largest absolute Gasteiger partial charge is 0.375 e. The van der Waals surface area contributed by atoms with Crippen molar-refractivity contribution in [3.63, 3.8) is 0 Å². The highest BCUT2D eigenvalue weighted by atomic mass is 32.2. The Morgan fingerprint density at radius 1 is 1.00 bits per heavy atom. The van der Waals surface area contributed by atoms with Crippen molar-refractivity contribution in [2.75, 3.05) is 11.9 Å². The maximum atomic E-state index is 12.8. The first kappa shape index (κ1) is 20.3. The smallest absolute Gasteiger partial charge is 0.344 e. The third kappa shape index (κ3) is 4.28. The summed E-state index contributed by atoms with van der Waals surface area (Å²) in [5, 5.41) is 6.72. The van der Waals surface area contributed by atoms with Crippen LogP contribution in [0.4, 0.5) is 10.5 Å². The van der Waals surface area contributed by atoms with Gasteiger partial charge in [-0.05, 0) is 37.1 Å². The van der Waals surface area contributed by atoms with Crippen LogP contribution in [-0.4, -0.2) is 34.9 Å². The molecule has 30 heavy (non-hydrogen) atoms. The van der Waals surface area contributed by atoms with E-state index in [1.165, 1.54) is 0 Å². The van der Waals surface area contributed by atoms with Crippen LogP contribution in [0.3, 0.4) is 0 Å². The van der Waals surface area contributed by atoms with E-state index in [2.05, 4.69) is 16.1 Å². The number of carbonyl (C=O) groups excluding carboxylic acids is 3. The molecule has 4 rings (SSSR count). The van der Waals surface area contributed by atoms with Crippen molar-refractivity contribution in [2.45, 2.75) is 47.4 Å². The van der Waals surface area contributed by atoms with Gasteiger partial charge in [-0.1, -0.05) is 61.4 Å². The Balaban J connectivity index is 1.36. The van der Waals surface area contributed by atoms with E-state index >= 15 is 0 Å². The topological polar surface area (TPSA) is 90.5 Å². The lowest BCUT2D eigenvalue weighted by Crippen LogP contribution is -2.51. The molecule has 2 aromatic rings. The molecular weight excluding hydrogens is 400 g/mol. The van der Waals surface area contributed by atoms with Gasteiger partial charge in [-0.25, -0.2) is 4.79 Å². The van der Waals surface area contributed by atoms with Gasteiger partial charge in [0.1, 0.15) is 5.54 Å². The summed E-state index contributed by atoms with van der Waals surface area (Å²) in [6.45, 7) is -0.0591. The van der Waals surface area contributed by atoms with E-state index in [1.807, 2.05) is 54.6 Å². The van der Waals surface area contributed by atoms with E-state index in [9.17, 15) is 14.4 Å². The zero-order valence-electron chi connectivity index (χ0n) is 16.5. The molecule has 2 fully saturated rings. The van der Waals surface area contributed by atoms with E-state index in [1.54, 1.807) is 11.8 Å². The van der Waals surface area contributed by atoms with Crippen molar-refractivity contribution >= 4 is 35.3 Å². The van der Waals surface area contributed by atoms with Crippen LogP contribution in [-0.2, 0) is 9.59 Å². The fraction of sp³-hybridized carbons (Fsp3) is 0.318. The summed E-state index contributed by atoms with van der Waals surface area (Å²) < 4.78 is 0. The van der Waals surface area contributed by atoms with Gasteiger partial charge in [-0.3, -0.25) is 15.0 Å². The zero-order chi connectivity index (χ0) is 21.0.